The van der Waals surface area contributed by atoms with E-state index in [4.69, 9.17) is 0 Å². The third-order valence-corrected chi connectivity index (χ3v) is 4.13. The molecule has 0 saturated heterocycles. The van der Waals surface area contributed by atoms with Crippen molar-refractivity contribution in [1.82, 2.24) is 10.3 Å². The number of nitrogens with one attached hydrogen (secondary N) is 1. The zero-order chi connectivity index (χ0) is 13.5. The van der Waals surface area contributed by atoms with Crippen LogP contribution >= 0.6 is 11.3 Å². The Bertz CT molecular complexity index is 479. The average molecular weight is 274 g/mol. The summed E-state index contributed by atoms with van der Waals surface area (Å²) in [4.78, 5) is 5.78. The lowest BCUT2D eigenvalue weighted by Gasteiger charge is -2.18. The Morgan fingerprint density at radius 3 is 2.95 bits per heavy atom. The van der Waals surface area contributed by atoms with Crippen LogP contribution in [0.4, 0.5) is 0 Å². The third kappa shape index (κ3) is 4.44. The van der Waals surface area contributed by atoms with Gasteiger partial charge in [0, 0.05) is 23.3 Å². The Morgan fingerprint density at radius 1 is 1.37 bits per heavy atom. The first kappa shape index (κ1) is 14.2. The Morgan fingerprint density at radius 2 is 2.26 bits per heavy atom. The van der Waals surface area contributed by atoms with Gasteiger partial charge < -0.3 is 5.32 Å². The van der Waals surface area contributed by atoms with Crippen LogP contribution in [0.2, 0.25) is 0 Å². The molecule has 2 heterocycles. The molecule has 2 nitrogen and oxygen atoms in total. The first-order valence-electron chi connectivity index (χ1n) is 6.97. The van der Waals surface area contributed by atoms with Crippen molar-refractivity contribution in [3.63, 3.8) is 0 Å². The SMILES string of the molecule is CCCNC(CCc1cccs1)c1cncc(C)c1. The van der Waals surface area contributed by atoms with E-state index in [1.807, 2.05) is 23.7 Å². The summed E-state index contributed by atoms with van der Waals surface area (Å²) in [7, 11) is 0. The molecular weight excluding hydrogens is 252 g/mol. The molecule has 0 bridgehead atoms. The molecule has 3 heteroatoms. The minimum absolute atomic E-state index is 0.412. The second-order valence-electron chi connectivity index (χ2n) is 4.92. The van der Waals surface area contributed by atoms with Crippen molar-refractivity contribution in [2.24, 2.45) is 0 Å². The second kappa shape index (κ2) is 7.41. The maximum Gasteiger partial charge on any atom is 0.0339 e. The van der Waals surface area contributed by atoms with E-state index in [0.717, 1.165) is 25.8 Å². The summed E-state index contributed by atoms with van der Waals surface area (Å²) in [5.74, 6) is 0. The molecule has 1 N–H and O–H groups in total. The number of hydrogen-bond acceptors (Lipinski definition) is 3. The van der Waals surface area contributed by atoms with Crippen LogP contribution in [0.3, 0.4) is 0 Å². The van der Waals surface area contributed by atoms with Gasteiger partial charge in [-0.25, -0.2) is 0 Å². The Hall–Kier alpha value is -1.19. The minimum atomic E-state index is 0.412. The van der Waals surface area contributed by atoms with Gasteiger partial charge in [0.1, 0.15) is 0 Å². The molecule has 2 rings (SSSR count). The van der Waals surface area contributed by atoms with Gasteiger partial charge in [0.25, 0.3) is 0 Å². The van der Waals surface area contributed by atoms with E-state index >= 15 is 0 Å². The van der Waals surface area contributed by atoms with Gasteiger partial charge in [-0.2, -0.15) is 0 Å². The van der Waals surface area contributed by atoms with Crippen LogP contribution in [-0.2, 0) is 6.42 Å². The topological polar surface area (TPSA) is 24.9 Å². The molecule has 0 amide bonds. The van der Waals surface area contributed by atoms with Crippen molar-refractivity contribution in [2.45, 2.75) is 39.2 Å². The van der Waals surface area contributed by atoms with Gasteiger partial charge in [0.05, 0.1) is 0 Å². The largest absolute Gasteiger partial charge is 0.310 e. The Balaban J connectivity index is 2.02. The zero-order valence-corrected chi connectivity index (χ0v) is 12.5. The number of aryl methyl sites for hydroxylation is 2. The van der Waals surface area contributed by atoms with E-state index in [0.29, 0.717) is 6.04 Å². The normalized spacial score (nSPS) is 12.5. The van der Waals surface area contributed by atoms with E-state index in [1.165, 1.54) is 16.0 Å². The summed E-state index contributed by atoms with van der Waals surface area (Å²) in [6.07, 6.45) is 7.34. The van der Waals surface area contributed by atoms with Crippen molar-refractivity contribution in [2.75, 3.05) is 6.54 Å². The lowest BCUT2D eigenvalue weighted by molar-refractivity contribution is 0.499. The number of pyridine rings is 1. The van der Waals surface area contributed by atoms with Crippen molar-refractivity contribution in [3.05, 3.63) is 52.0 Å². The fourth-order valence-corrected chi connectivity index (χ4v) is 2.94. The molecule has 102 valence electrons. The van der Waals surface area contributed by atoms with Crippen LogP contribution in [0.25, 0.3) is 0 Å². The van der Waals surface area contributed by atoms with E-state index in [1.54, 1.807) is 0 Å². The summed E-state index contributed by atoms with van der Waals surface area (Å²) in [5, 5.41) is 5.79. The summed E-state index contributed by atoms with van der Waals surface area (Å²) < 4.78 is 0. The number of aromatic nitrogens is 1. The molecule has 0 spiro atoms. The van der Waals surface area contributed by atoms with Crippen LogP contribution < -0.4 is 5.32 Å². The maximum atomic E-state index is 4.32. The predicted molar refractivity (Wildman–Crippen MR) is 82.6 cm³/mol. The lowest BCUT2D eigenvalue weighted by atomic mass is 10.0. The average Bonchev–Trinajstić information content (AvgIpc) is 2.92. The van der Waals surface area contributed by atoms with Gasteiger partial charge in [-0.1, -0.05) is 19.1 Å². The fourth-order valence-electron chi connectivity index (χ4n) is 2.22. The minimum Gasteiger partial charge on any atom is -0.310 e. The molecule has 0 aromatic carbocycles. The van der Waals surface area contributed by atoms with Gasteiger partial charge >= 0.3 is 0 Å². The highest BCUT2D eigenvalue weighted by atomic mass is 32.1. The summed E-state index contributed by atoms with van der Waals surface area (Å²) in [5.41, 5.74) is 2.54. The predicted octanol–water partition coefficient (Wildman–Crippen LogP) is 4.13. The molecule has 0 radical (unpaired) electrons. The van der Waals surface area contributed by atoms with E-state index in [-0.39, 0.29) is 0 Å². The molecule has 0 aliphatic rings. The standard InChI is InChI=1S/C16H22N2S/c1-3-8-18-16(7-6-15-5-4-9-19-15)14-10-13(2)11-17-12-14/h4-5,9-12,16,18H,3,6-8H2,1-2H3. The lowest BCUT2D eigenvalue weighted by Crippen LogP contribution is -2.22. The monoisotopic (exact) mass is 274 g/mol. The first-order chi connectivity index (χ1) is 9.29. The molecule has 1 unspecified atom stereocenters. The van der Waals surface area contributed by atoms with Crippen molar-refractivity contribution >= 4 is 11.3 Å². The highest BCUT2D eigenvalue weighted by Gasteiger charge is 2.11. The van der Waals surface area contributed by atoms with Gasteiger partial charge in [-0.05, 0) is 55.3 Å². The van der Waals surface area contributed by atoms with Crippen LogP contribution in [0, 0.1) is 6.92 Å². The molecular formula is C16H22N2S. The molecule has 0 aliphatic carbocycles. The second-order valence-corrected chi connectivity index (χ2v) is 5.95. The Labute approximate surface area is 119 Å². The highest BCUT2D eigenvalue weighted by molar-refractivity contribution is 7.09. The van der Waals surface area contributed by atoms with Crippen LogP contribution in [0.15, 0.2) is 36.0 Å². The molecule has 2 aromatic heterocycles. The first-order valence-corrected chi connectivity index (χ1v) is 7.85. The highest BCUT2D eigenvalue weighted by Crippen LogP contribution is 2.21. The fraction of sp³-hybridized carbons (Fsp3) is 0.438. The molecule has 1 atom stereocenters. The van der Waals surface area contributed by atoms with Gasteiger partial charge in [-0.3, -0.25) is 4.98 Å². The number of nitrogens with zero attached hydrogens (tertiary/aromatic N) is 1. The van der Waals surface area contributed by atoms with E-state index in [9.17, 15) is 0 Å². The summed E-state index contributed by atoms with van der Waals surface area (Å²) in [6, 6.07) is 7.00. The van der Waals surface area contributed by atoms with Gasteiger partial charge in [0.2, 0.25) is 0 Å². The van der Waals surface area contributed by atoms with Crippen molar-refractivity contribution in [3.8, 4) is 0 Å². The van der Waals surface area contributed by atoms with Crippen LogP contribution in [-0.4, -0.2) is 11.5 Å². The molecule has 2 aromatic rings. The summed E-state index contributed by atoms with van der Waals surface area (Å²) >= 11 is 1.84. The number of thiophene rings is 1. The Kier molecular flexibility index (Phi) is 5.55. The van der Waals surface area contributed by atoms with Crippen LogP contribution in [0.1, 0.15) is 41.8 Å². The van der Waals surface area contributed by atoms with Crippen molar-refractivity contribution < 1.29 is 0 Å². The van der Waals surface area contributed by atoms with E-state index in [2.05, 4.69) is 47.7 Å². The smallest absolute Gasteiger partial charge is 0.0339 e. The number of hydrogen-bond donors (Lipinski definition) is 1. The number of rotatable bonds is 7. The quantitative estimate of drug-likeness (QED) is 0.821. The molecule has 0 saturated carbocycles. The third-order valence-electron chi connectivity index (χ3n) is 3.20. The molecule has 19 heavy (non-hydrogen) atoms. The van der Waals surface area contributed by atoms with Crippen LogP contribution in [0.5, 0.6) is 0 Å². The van der Waals surface area contributed by atoms with Crippen molar-refractivity contribution in [1.29, 1.82) is 0 Å². The van der Waals surface area contributed by atoms with E-state index < -0.39 is 0 Å². The van der Waals surface area contributed by atoms with Gasteiger partial charge in [-0.15, -0.1) is 11.3 Å². The summed E-state index contributed by atoms with van der Waals surface area (Å²) in [6.45, 7) is 5.37. The van der Waals surface area contributed by atoms with Gasteiger partial charge in [0.15, 0.2) is 0 Å². The molecule has 0 aliphatic heterocycles. The zero-order valence-electron chi connectivity index (χ0n) is 11.7. The molecule has 0 fully saturated rings. The maximum absolute atomic E-state index is 4.32.